The first-order valence-electron chi connectivity index (χ1n) is 6.91. The zero-order chi connectivity index (χ0) is 14.7. The quantitative estimate of drug-likeness (QED) is 0.711. The van der Waals surface area contributed by atoms with E-state index in [2.05, 4.69) is 9.97 Å². The second-order valence-electron chi connectivity index (χ2n) is 5.15. The highest BCUT2D eigenvalue weighted by Gasteiger charge is 2.28. The Bertz CT molecular complexity index is 584. The van der Waals surface area contributed by atoms with Crippen LogP contribution >= 0.6 is 0 Å². The molecule has 1 heterocycles. The Kier molecular flexibility index (Phi) is 4.39. The second-order valence-corrected chi connectivity index (χ2v) is 5.15. The fourth-order valence-corrected chi connectivity index (χ4v) is 2.70. The van der Waals surface area contributed by atoms with Gasteiger partial charge in [0.25, 0.3) is 11.5 Å². The molecule has 7 heteroatoms. The lowest BCUT2D eigenvalue weighted by molar-refractivity contribution is 0.0638. The summed E-state index contributed by atoms with van der Waals surface area (Å²) in [4.78, 5) is 41.2. The van der Waals surface area contributed by atoms with Crippen LogP contribution in [0, 0.1) is 0 Å². The number of hydrogen-bond acceptors (Lipinski definition) is 4. The van der Waals surface area contributed by atoms with Crippen LogP contribution in [0.1, 0.15) is 43.0 Å². The largest absolute Gasteiger partial charge is 0.336 e. The lowest BCUT2D eigenvalue weighted by Gasteiger charge is -2.35. The highest BCUT2D eigenvalue weighted by Crippen LogP contribution is 2.22. The van der Waals surface area contributed by atoms with Crippen molar-refractivity contribution in [2.45, 2.75) is 44.7 Å². The molecule has 110 valence electrons. The molecule has 4 N–H and O–H groups in total. The fourth-order valence-electron chi connectivity index (χ4n) is 2.70. The minimum absolute atomic E-state index is 0.0266. The Morgan fingerprint density at radius 1 is 1.35 bits per heavy atom. The number of carbonyl (C=O) groups excluding carboxylic acids is 1. The molecule has 0 unspecified atom stereocenters. The molecule has 0 radical (unpaired) electrons. The summed E-state index contributed by atoms with van der Waals surface area (Å²) < 4.78 is 0. The Balaban J connectivity index is 2.20. The molecule has 2 rings (SSSR count). The molecule has 0 aromatic carbocycles. The smallest absolute Gasteiger partial charge is 0.325 e. The van der Waals surface area contributed by atoms with Gasteiger partial charge >= 0.3 is 5.69 Å². The van der Waals surface area contributed by atoms with Crippen LogP contribution in [0.25, 0.3) is 0 Å². The van der Waals surface area contributed by atoms with E-state index in [9.17, 15) is 14.4 Å². The van der Waals surface area contributed by atoms with Crippen molar-refractivity contribution in [1.29, 1.82) is 0 Å². The third kappa shape index (κ3) is 2.98. The molecule has 0 saturated heterocycles. The Hall–Kier alpha value is -1.89. The second kappa shape index (κ2) is 6.04. The van der Waals surface area contributed by atoms with Gasteiger partial charge in [-0.05, 0) is 32.6 Å². The molecule has 1 aromatic heterocycles. The van der Waals surface area contributed by atoms with Gasteiger partial charge in [-0.25, -0.2) is 4.79 Å². The zero-order valence-corrected chi connectivity index (χ0v) is 11.5. The number of nitrogens with two attached hydrogens (primary N) is 1. The molecule has 0 spiro atoms. The van der Waals surface area contributed by atoms with Gasteiger partial charge in [-0.15, -0.1) is 0 Å². The summed E-state index contributed by atoms with van der Waals surface area (Å²) in [5.74, 6) is -0.342. The van der Waals surface area contributed by atoms with E-state index in [1.807, 2.05) is 6.92 Å². The molecule has 0 aliphatic heterocycles. The van der Waals surface area contributed by atoms with Gasteiger partial charge in [0.15, 0.2) is 0 Å². The monoisotopic (exact) mass is 280 g/mol. The molecule has 1 amide bonds. The zero-order valence-electron chi connectivity index (χ0n) is 11.5. The van der Waals surface area contributed by atoms with Crippen molar-refractivity contribution in [3.8, 4) is 0 Å². The van der Waals surface area contributed by atoms with Crippen LogP contribution in [0.4, 0.5) is 0 Å². The number of aromatic amines is 2. The third-order valence-corrected chi connectivity index (χ3v) is 3.83. The number of H-pyrrole nitrogens is 2. The third-order valence-electron chi connectivity index (χ3n) is 3.83. The summed E-state index contributed by atoms with van der Waals surface area (Å²) in [5, 5.41) is 0. The summed E-state index contributed by atoms with van der Waals surface area (Å²) in [6.07, 6.45) is 4.65. The van der Waals surface area contributed by atoms with Crippen LogP contribution in [0.15, 0.2) is 15.8 Å². The normalized spacial score (nSPS) is 22.5. The maximum absolute atomic E-state index is 12.4. The lowest BCUT2D eigenvalue weighted by Crippen LogP contribution is -2.46. The van der Waals surface area contributed by atoms with Crippen molar-refractivity contribution in [2.24, 2.45) is 5.73 Å². The number of amides is 1. The van der Waals surface area contributed by atoms with Gasteiger partial charge in [-0.3, -0.25) is 14.6 Å². The van der Waals surface area contributed by atoms with Gasteiger partial charge < -0.3 is 15.6 Å². The first kappa shape index (κ1) is 14.5. The average Bonchev–Trinajstić information content (AvgIpc) is 2.41. The molecule has 1 aromatic rings. The van der Waals surface area contributed by atoms with Gasteiger partial charge in [-0.2, -0.15) is 0 Å². The number of nitrogens with one attached hydrogen (secondary N) is 2. The molecule has 1 aliphatic rings. The predicted molar refractivity (Wildman–Crippen MR) is 74.6 cm³/mol. The number of carbonyl (C=O) groups is 1. The first-order valence-corrected chi connectivity index (χ1v) is 6.91. The Labute approximate surface area is 116 Å². The summed E-state index contributed by atoms with van der Waals surface area (Å²) in [6, 6.07) is 0.315. The molecule has 1 fully saturated rings. The van der Waals surface area contributed by atoms with Crippen LogP contribution in [-0.4, -0.2) is 39.4 Å². The lowest BCUT2D eigenvalue weighted by atomic mass is 9.90. The molecule has 0 bridgehead atoms. The highest BCUT2D eigenvalue weighted by molar-refractivity contribution is 5.93. The molecule has 1 saturated carbocycles. The number of hydrogen-bond donors (Lipinski definition) is 3. The van der Waals surface area contributed by atoms with E-state index in [-0.39, 0.29) is 23.6 Å². The van der Waals surface area contributed by atoms with Crippen molar-refractivity contribution in [3.63, 3.8) is 0 Å². The predicted octanol–water partition coefficient (Wildman–Crippen LogP) is -0.205. The van der Waals surface area contributed by atoms with Crippen molar-refractivity contribution < 1.29 is 4.79 Å². The first-order chi connectivity index (χ1) is 9.52. The van der Waals surface area contributed by atoms with Gasteiger partial charge in [0, 0.05) is 24.8 Å². The SMILES string of the molecule is CCN(C(=O)c1c[nH]c(=O)[nH]c1=O)C1CCC(N)CC1. The Morgan fingerprint density at radius 3 is 2.55 bits per heavy atom. The molecular formula is C13H20N4O3. The van der Waals surface area contributed by atoms with Gasteiger partial charge in [0.05, 0.1) is 0 Å². The molecule has 7 nitrogen and oxygen atoms in total. The Morgan fingerprint density at radius 2 is 2.00 bits per heavy atom. The van der Waals surface area contributed by atoms with Gasteiger partial charge in [-0.1, -0.05) is 0 Å². The average molecular weight is 280 g/mol. The van der Waals surface area contributed by atoms with Gasteiger partial charge in [0.2, 0.25) is 0 Å². The van der Waals surface area contributed by atoms with Crippen LogP contribution in [-0.2, 0) is 0 Å². The maximum Gasteiger partial charge on any atom is 0.325 e. The highest BCUT2D eigenvalue weighted by atomic mass is 16.2. The molecule has 20 heavy (non-hydrogen) atoms. The van der Waals surface area contributed by atoms with Crippen molar-refractivity contribution >= 4 is 5.91 Å². The maximum atomic E-state index is 12.4. The molecular weight excluding hydrogens is 260 g/mol. The summed E-state index contributed by atoms with van der Waals surface area (Å²) in [7, 11) is 0. The van der Waals surface area contributed by atoms with E-state index in [1.54, 1.807) is 4.90 Å². The number of nitrogens with zero attached hydrogens (tertiary/aromatic N) is 1. The minimum atomic E-state index is -0.648. The number of aromatic nitrogens is 2. The summed E-state index contributed by atoms with van der Waals surface area (Å²) in [5.41, 5.74) is 4.58. The van der Waals surface area contributed by atoms with Gasteiger partial charge in [0.1, 0.15) is 5.56 Å². The van der Waals surface area contributed by atoms with E-state index in [4.69, 9.17) is 5.73 Å². The van der Waals surface area contributed by atoms with E-state index >= 15 is 0 Å². The van der Waals surface area contributed by atoms with Crippen LogP contribution in [0.5, 0.6) is 0 Å². The molecule has 0 atom stereocenters. The number of rotatable bonds is 3. The topological polar surface area (TPSA) is 112 Å². The molecule has 1 aliphatic carbocycles. The van der Waals surface area contributed by atoms with E-state index < -0.39 is 11.2 Å². The van der Waals surface area contributed by atoms with E-state index in [1.165, 1.54) is 6.20 Å². The van der Waals surface area contributed by atoms with Crippen molar-refractivity contribution in [3.05, 3.63) is 32.6 Å². The summed E-state index contributed by atoms with van der Waals surface area (Å²) >= 11 is 0. The van der Waals surface area contributed by atoms with E-state index in [0.29, 0.717) is 6.54 Å². The van der Waals surface area contributed by atoms with Crippen molar-refractivity contribution in [1.82, 2.24) is 14.9 Å². The van der Waals surface area contributed by atoms with Crippen molar-refractivity contribution in [2.75, 3.05) is 6.54 Å². The summed E-state index contributed by atoms with van der Waals surface area (Å²) in [6.45, 7) is 2.41. The van der Waals surface area contributed by atoms with Crippen LogP contribution in [0.2, 0.25) is 0 Å². The van der Waals surface area contributed by atoms with E-state index in [0.717, 1.165) is 25.7 Å². The standard InChI is InChI=1S/C13H20N4O3/c1-2-17(9-5-3-8(14)4-6-9)12(19)10-7-15-13(20)16-11(10)18/h7-9H,2-6,14H2,1H3,(H2,15,16,18,20). The van der Waals surface area contributed by atoms with Crippen LogP contribution in [0.3, 0.4) is 0 Å². The minimum Gasteiger partial charge on any atom is -0.336 e. The van der Waals surface area contributed by atoms with Crippen LogP contribution < -0.4 is 17.0 Å². The fraction of sp³-hybridized carbons (Fsp3) is 0.615.